The first-order valence-corrected chi connectivity index (χ1v) is 11.6. The second kappa shape index (κ2) is 9.59. The standard InChI is InChI=1S/C24H28FN7O3/c1-15-9-16-14-35-18(10-20(16)29-23(15)33)13-31-5-7-32(8-6-31)21-4-3-19(28-22(21)25)24(34)27-17-11-26-30(2)12-17/h3-4,9,11-12,18H,5-8,10,13-14H2,1-2H3,(H,27,34)(H,29,33). The number of nitrogens with one attached hydrogen (secondary N) is 2. The van der Waals surface area contributed by atoms with Gasteiger partial charge in [-0.05, 0) is 30.7 Å². The number of anilines is 2. The van der Waals surface area contributed by atoms with Crippen LogP contribution in [0.15, 0.2) is 35.4 Å². The Kier molecular flexibility index (Phi) is 6.35. The van der Waals surface area contributed by atoms with Gasteiger partial charge in [-0.25, -0.2) is 4.98 Å². The number of aryl methyl sites for hydroxylation is 2. The lowest BCUT2D eigenvalue weighted by Gasteiger charge is -2.38. The van der Waals surface area contributed by atoms with Crippen molar-refractivity contribution in [3.05, 3.63) is 69.4 Å². The number of aromatic amines is 1. The van der Waals surface area contributed by atoms with Gasteiger partial charge >= 0.3 is 0 Å². The van der Waals surface area contributed by atoms with Crippen molar-refractivity contribution in [2.45, 2.75) is 26.1 Å². The maximum Gasteiger partial charge on any atom is 0.274 e. The number of carbonyl (C=O) groups is 1. The SMILES string of the molecule is Cc1cc2c([nH]c1=O)CC(CN1CCN(c3ccc(C(=O)Nc4cnn(C)c4)nc3F)CC1)OC2. The Morgan fingerprint density at radius 1 is 1.29 bits per heavy atom. The minimum Gasteiger partial charge on any atom is -0.372 e. The zero-order chi connectivity index (χ0) is 24.5. The fourth-order valence-corrected chi connectivity index (χ4v) is 4.58. The molecule has 0 spiro atoms. The van der Waals surface area contributed by atoms with E-state index in [0.717, 1.165) is 30.9 Å². The number of halogens is 1. The Morgan fingerprint density at radius 3 is 2.80 bits per heavy atom. The average molecular weight is 482 g/mol. The molecule has 35 heavy (non-hydrogen) atoms. The van der Waals surface area contributed by atoms with Gasteiger partial charge in [-0.3, -0.25) is 19.2 Å². The third-order valence-electron chi connectivity index (χ3n) is 6.51. The van der Waals surface area contributed by atoms with Gasteiger partial charge in [0.15, 0.2) is 0 Å². The molecule has 0 saturated carbocycles. The highest BCUT2D eigenvalue weighted by molar-refractivity contribution is 6.02. The third-order valence-corrected chi connectivity index (χ3v) is 6.51. The highest BCUT2D eigenvalue weighted by atomic mass is 19.1. The van der Waals surface area contributed by atoms with Crippen LogP contribution in [-0.4, -0.2) is 69.4 Å². The predicted molar refractivity (Wildman–Crippen MR) is 128 cm³/mol. The molecule has 0 bridgehead atoms. The molecule has 0 aromatic carbocycles. The molecule has 1 fully saturated rings. The number of ether oxygens (including phenoxy) is 1. The molecule has 2 aliphatic heterocycles. The predicted octanol–water partition coefficient (Wildman–Crippen LogP) is 1.47. The summed E-state index contributed by atoms with van der Waals surface area (Å²) in [4.78, 5) is 35.4. The Bertz CT molecular complexity index is 1300. The van der Waals surface area contributed by atoms with Crippen LogP contribution < -0.4 is 15.8 Å². The number of carbonyl (C=O) groups excluding carboxylic acids is 1. The first-order chi connectivity index (χ1) is 16.9. The summed E-state index contributed by atoms with van der Waals surface area (Å²) in [5.41, 5.74) is 3.57. The first-order valence-electron chi connectivity index (χ1n) is 11.6. The summed E-state index contributed by atoms with van der Waals surface area (Å²) in [6, 6.07) is 5.04. The number of amides is 1. The number of aromatic nitrogens is 4. The van der Waals surface area contributed by atoms with Crippen LogP contribution in [0.2, 0.25) is 0 Å². The van der Waals surface area contributed by atoms with Gasteiger partial charge in [0.05, 0.1) is 30.3 Å². The van der Waals surface area contributed by atoms with Gasteiger partial charge in [-0.1, -0.05) is 0 Å². The van der Waals surface area contributed by atoms with E-state index in [-0.39, 0.29) is 17.4 Å². The number of fused-ring (bicyclic) bond motifs is 1. The van der Waals surface area contributed by atoms with Crippen molar-refractivity contribution in [1.82, 2.24) is 24.6 Å². The van der Waals surface area contributed by atoms with Crippen LogP contribution in [0.1, 0.15) is 27.3 Å². The fourth-order valence-electron chi connectivity index (χ4n) is 4.58. The van der Waals surface area contributed by atoms with E-state index in [4.69, 9.17) is 4.74 Å². The summed E-state index contributed by atoms with van der Waals surface area (Å²) in [7, 11) is 1.74. The van der Waals surface area contributed by atoms with Crippen molar-refractivity contribution in [2.24, 2.45) is 7.05 Å². The number of hydrogen-bond acceptors (Lipinski definition) is 7. The molecule has 11 heteroatoms. The molecule has 1 atom stereocenters. The molecule has 2 aliphatic rings. The second-order valence-electron chi connectivity index (χ2n) is 9.07. The monoisotopic (exact) mass is 481 g/mol. The maximum atomic E-state index is 14.8. The van der Waals surface area contributed by atoms with E-state index < -0.39 is 11.9 Å². The molecular formula is C24H28FN7O3. The lowest BCUT2D eigenvalue weighted by molar-refractivity contribution is 0.00272. The average Bonchev–Trinajstić information content (AvgIpc) is 3.25. The molecule has 5 heterocycles. The van der Waals surface area contributed by atoms with Crippen LogP contribution in [0.3, 0.4) is 0 Å². The van der Waals surface area contributed by atoms with Gasteiger partial charge in [0.2, 0.25) is 5.95 Å². The van der Waals surface area contributed by atoms with Crippen LogP contribution >= 0.6 is 0 Å². The summed E-state index contributed by atoms with van der Waals surface area (Å²) >= 11 is 0. The number of rotatable bonds is 5. The molecule has 0 aliphatic carbocycles. The number of hydrogen-bond donors (Lipinski definition) is 2. The van der Waals surface area contributed by atoms with Crippen molar-refractivity contribution >= 4 is 17.3 Å². The van der Waals surface area contributed by atoms with E-state index in [1.807, 2.05) is 11.0 Å². The Balaban J connectivity index is 1.15. The van der Waals surface area contributed by atoms with E-state index in [2.05, 4.69) is 25.3 Å². The third kappa shape index (κ3) is 5.10. The zero-order valence-electron chi connectivity index (χ0n) is 19.8. The van der Waals surface area contributed by atoms with Crippen molar-refractivity contribution in [2.75, 3.05) is 42.9 Å². The number of nitrogens with zero attached hydrogens (tertiary/aromatic N) is 5. The number of H-pyrrole nitrogens is 1. The zero-order valence-corrected chi connectivity index (χ0v) is 19.8. The van der Waals surface area contributed by atoms with Gasteiger partial charge in [0.1, 0.15) is 5.69 Å². The van der Waals surface area contributed by atoms with Gasteiger partial charge < -0.3 is 19.9 Å². The smallest absolute Gasteiger partial charge is 0.274 e. The molecule has 5 rings (SSSR count). The lowest BCUT2D eigenvalue weighted by atomic mass is 10.0. The number of pyridine rings is 2. The molecule has 3 aromatic heterocycles. The van der Waals surface area contributed by atoms with Crippen molar-refractivity contribution in [1.29, 1.82) is 0 Å². The molecule has 1 amide bonds. The van der Waals surface area contributed by atoms with Crippen molar-refractivity contribution < 1.29 is 13.9 Å². The quantitative estimate of drug-likeness (QED) is 0.531. The minimum absolute atomic E-state index is 0.00317. The van der Waals surface area contributed by atoms with Gasteiger partial charge in [0, 0.05) is 63.6 Å². The molecule has 184 valence electrons. The molecule has 0 radical (unpaired) electrons. The van der Waals surface area contributed by atoms with Crippen LogP contribution in [0.4, 0.5) is 15.8 Å². The Morgan fingerprint density at radius 2 is 2.09 bits per heavy atom. The minimum atomic E-state index is -0.663. The van der Waals surface area contributed by atoms with Crippen molar-refractivity contribution in [3.63, 3.8) is 0 Å². The van der Waals surface area contributed by atoms with Gasteiger partial charge in [-0.15, -0.1) is 0 Å². The van der Waals surface area contributed by atoms with Crippen LogP contribution in [0.25, 0.3) is 0 Å². The van der Waals surface area contributed by atoms with E-state index in [0.29, 0.717) is 43.1 Å². The highest BCUT2D eigenvalue weighted by Crippen LogP contribution is 2.22. The van der Waals surface area contributed by atoms with E-state index in [1.54, 1.807) is 30.9 Å². The van der Waals surface area contributed by atoms with E-state index in [1.165, 1.54) is 12.3 Å². The highest BCUT2D eigenvalue weighted by Gasteiger charge is 2.26. The maximum absolute atomic E-state index is 14.8. The molecule has 10 nitrogen and oxygen atoms in total. The van der Waals surface area contributed by atoms with Crippen LogP contribution in [0, 0.1) is 12.9 Å². The van der Waals surface area contributed by atoms with Crippen LogP contribution in [-0.2, 0) is 24.8 Å². The topological polar surface area (TPSA) is 108 Å². The summed E-state index contributed by atoms with van der Waals surface area (Å²) in [5.74, 6) is -1.15. The Hall–Kier alpha value is -3.57. The fraction of sp³-hybridized carbons (Fsp3) is 0.417. The Labute approximate surface area is 201 Å². The second-order valence-corrected chi connectivity index (χ2v) is 9.07. The molecule has 2 N–H and O–H groups in total. The first kappa shape index (κ1) is 23.2. The van der Waals surface area contributed by atoms with Gasteiger partial charge in [-0.2, -0.15) is 9.49 Å². The molecule has 3 aromatic rings. The molecule has 1 saturated heterocycles. The largest absolute Gasteiger partial charge is 0.372 e. The summed E-state index contributed by atoms with van der Waals surface area (Å²) in [6.07, 6.45) is 3.84. The summed E-state index contributed by atoms with van der Waals surface area (Å²) in [5, 5.41) is 6.65. The van der Waals surface area contributed by atoms with Gasteiger partial charge in [0.25, 0.3) is 11.5 Å². The summed E-state index contributed by atoms with van der Waals surface area (Å²) in [6.45, 7) is 5.82. The normalized spacial score (nSPS) is 18.4. The van der Waals surface area contributed by atoms with Crippen molar-refractivity contribution in [3.8, 4) is 0 Å². The van der Waals surface area contributed by atoms with E-state index >= 15 is 0 Å². The lowest BCUT2D eigenvalue weighted by Crippen LogP contribution is -2.50. The number of piperazine rings is 1. The van der Waals surface area contributed by atoms with Crippen LogP contribution in [0.5, 0.6) is 0 Å². The summed E-state index contributed by atoms with van der Waals surface area (Å²) < 4.78 is 22.4. The molecule has 1 unspecified atom stereocenters. The molecular weight excluding hydrogens is 453 g/mol. The van der Waals surface area contributed by atoms with E-state index in [9.17, 15) is 14.0 Å².